The maximum absolute atomic E-state index is 13.3. The van der Waals surface area contributed by atoms with Gasteiger partial charge in [-0.15, -0.1) is 0 Å². The lowest BCUT2D eigenvalue weighted by atomic mass is 10.1. The van der Waals surface area contributed by atoms with E-state index in [1.165, 1.54) is 13.2 Å². The Kier molecular flexibility index (Phi) is 10.4. The number of ether oxygens (including phenoxy) is 2. The van der Waals surface area contributed by atoms with Crippen molar-refractivity contribution in [1.29, 1.82) is 0 Å². The van der Waals surface area contributed by atoms with Gasteiger partial charge in [0.15, 0.2) is 7.59 Å². The van der Waals surface area contributed by atoms with Gasteiger partial charge in [-0.2, -0.15) is 0 Å². The molecule has 31 heavy (non-hydrogen) atoms. The Morgan fingerprint density at radius 1 is 1.10 bits per heavy atom. The molecule has 0 aromatic heterocycles. The Balaban J connectivity index is 3.12. The van der Waals surface area contributed by atoms with E-state index >= 15 is 0 Å². The summed E-state index contributed by atoms with van der Waals surface area (Å²) in [4.78, 5) is 39.1. The van der Waals surface area contributed by atoms with Crippen molar-refractivity contribution in [3.63, 3.8) is 0 Å². The minimum Gasteiger partial charge on any atom is -0.499 e. The molecule has 0 spiro atoms. The van der Waals surface area contributed by atoms with Crippen LogP contribution in [-0.2, 0) is 19.1 Å². The number of rotatable bonds is 7. The Morgan fingerprint density at radius 2 is 1.65 bits per heavy atom. The number of hydrogen-bond acceptors (Lipinski definition) is 5. The Bertz CT molecular complexity index is 712. The van der Waals surface area contributed by atoms with Gasteiger partial charge in [0.05, 0.1) is 13.2 Å². The second-order valence-electron chi connectivity index (χ2n) is 7.82. The molecule has 0 saturated heterocycles. The van der Waals surface area contributed by atoms with E-state index in [0.717, 1.165) is 4.90 Å². The molecule has 1 aliphatic heterocycles. The molecule has 7 nitrogen and oxygen atoms in total. The number of methoxy groups -OCH3 is 1. The molecular formula is C18H24Cl6N2O5. The quantitative estimate of drug-likeness (QED) is 0.419. The molecule has 1 N–H and O–H groups in total. The first-order valence-corrected chi connectivity index (χ1v) is 11.5. The van der Waals surface area contributed by atoms with E-state index in [-0.39, 0.29) is 31.4 Å². The summed E-state index contributed by atoms with van der Waals surface area (Å²) in [5.41, 5.74) is -0.811. The normalized spacial score (nSPS) is 18.5. The lowest BCUT2D eigenvalue weighted by Crippen LogP contribution is -2.53. The van der Waals surface area contributed by atoms with Crippen LogP contribution in [0.5, 0.6) is 0 Å². The summed E-state index contributed by atoms with van der Waals surface area (Å²) in [6.45, 7) is 4.99. The van der Waals surface area contributed by atoms with Crippen LogP contribution >= 0.6 is 69.6 Å². The predicted molar refractivity (Wildman–Crippen MR) is 123 cm³/mol. The third-order valence-electron chi connectivity index (χ3n) is 4.02. The summed E-state index contributed by atoms with van der Waals surface area (Å²) >= 11 is 34.9. The first-order valence-electron chi connectivity index (χ1n) is 9.19. The van der Waals surface area contributed by atoms with Gasteiger partial charge in [0.25, 0.3) is 11.8 Å². The molecule has 2 atom stereocenters. The van der Waals surface area contributed by atoms with Gasteiger partial charge in [-0.1, -0.05) is 69.6 Å². The van der Waals surface area contributed by atoms with Gasteiger partial charge in [-0.25, -0.2) is 4.79 Å². The van der Waals surface area contributed by atoms with Gasteiger partial charge < -0.3 is 14.8 Å². The maximum Gasteiger partial charge on any atom is 0.408 e. The van der Waals surface area contributed by atoms with Gasteiger partial charge in [0, 0.05) is 6.08 Å². The van der Waals surface area contributed by atoms with Crippen LogP contribution in [0.15, 0.2) is 11.8 Å². The van der Waals surface area contributed by atoms with Crippen molar-refractivity contribution in [3.8, 4) is 0 Å². The summed E-state index contributed by atoms with van der Waals surface area (Å²) in [7, 11) is 1.36. The number of alkyl carbamates (subject to hydrolysis) is 1. The average molecular weight is 561 g/mol. The number of hydrogen-bond donors (Lipinski definition) is 1. The molecule has 0 aromatic rings. The van der Waals surface area contributed by atoms with E-state index in [1.54, 1.807) is 20.8 Å². The second kappa shape index (κ2) is 11.2. The molecule has 0 bridgehead atoms. The molecule has 0 radical (unpaired) electrons. The summed E-state index contributed by atoms with van der Waals surface area (Å²) in [6, 6.07) is -2.04. The predicted octanol–water partition coefficient (Wildman–Crippen LogP) is 5.45. The molecule has 3 amide bonds. The summed E-state index contributed by atoms with van der Waals surface area (Å²) < 4.78 is 7.16. The zero-order valence-corrected chi connectivity index (χ0v) is 21.9. The van der Waals surface area contributed by atoms with Crippen LogP contribution in [0, 0.1) is 0 Å². The number of carbonyl (C=O) groups excluding carboxylic acids is 3. The number of alkyl halides is 6. The third-order valence-corrected chi connectivity index (χ3v) is 5.16. The van der Waals surface area contributed by atoms with Gasteiger partial charge in [-0.3, -0.25) is 14.5 Å². The Labute approximate surface area is 211 Å². The van der Waals surface area contributed by atoms with Gasteiger partial charge in [0.2, 0.25) is 0 Å². The zero-order valence-electron chi connectivity index (χ0n) is 17.3. The topological polar surface area (TPSA) is 84.9 Å². The fourth-order valence-electron chi connectivity index (χ4n) is 2.78. The van der Waals surface area contributed by atoms with Crippen molar-refractivity contribution < 1.29 is 23.9 Å². The van der Waals surface area contributed by atoms with Crippen molar-refractivity contribution in [3.05, 3.63) is 11.8 Å². The number of imide groups is 1. The van der Waals surface area contributed by atoms with Gasteiger partial charge in [-0.05, 0) is 46.5 Å². The number of nitrogens with one attached hydrogen (secondary N) is 1. The lowest BCUT2D eigenvalue weighted by molar-refractivity contribution is -0.145. The van der Waals surface area contributed by atoms with Crippen molar-refractivity contribution in [2.75, 3.05) is 7.11 Å². The molecule has 1 aliphatic rings. The number of carbonyl (C=O) groups is 3. The standard InChI is InChI=1S/C18H24Cl6N2O5/c1-16(2,3)31-15(29)25-10(5-7-17(19,20)21)14(28)26-11(6-8-18(22,23)24)12(30-4)9-13(26)27/h9-11H,5-8H2,1-4H3,(H,25,29). The minimum absolute atomic E-state index is 0.0401. The van der Waals surface area contributed by atoms with Crippen molar-refractivity contribution >= 4 is 87.5 Å². The fourth-order valence-corrected chi connectivity index (χ4v) is 3.43. The fraction of sp³-hybridized carbons (Fsp3) is 0.722. The van der Waals surface area contributed by atoms with E-state index in [4.69, 9.17) is 79.1 Å². The lowest BCUT2D eigenvalue weighted by Gasteiger charge is -2.30. The van der Waals surface area contributed by atoms with Crippen LogP contribution in [0.4, 0.5) is 4.79 Å². The van der Waals surface area contributed by atoms with E-state index in [9.17, 15) is 14.4 Å². The van der Waals surface area contributed by atoms with Crippen LogP contribution in [0.2, 0.25) is 0 Å². The summed E-state index contributed by atoms with van der Waals surface area (Å²) in [5.74, 6) is -1.14. The zero-order chi connectivity index (χ0) is 24.2. The van der Waals surface area contributed by atoms with E-state index in [2.05, 4.69) is 5.32 Å². The highest BCUT2D eigenvalue weighted by Gasteiger charge is 2.43. The van der Waals surface area contributed by atoms with Crippen molar-refractivity contribution in [2.24, 2.45) is 0 Å². The van der Waals surface area contributed by atoms with Crippen LogP contribution in [0.25, 0.3) is 0 Å². The highest BCUT2D eigenvalue weighted by atomic mass is 35.6. The molecule has 0 aliphatic carbocycles. The third kappa shape index (κ3) is 10.4. The van der Waals surface area contributed by atoms with E-state index in [0.29, 0.717) is 0 Å². The van der Waals surface area contributed by atoms with E-state index in [1.807, 2.05) is 0 Å². The SMILES string of the molecule is COC1=CC(=O)N(C(=O)C(CCC(Cl)(Cl)Cl)NC(=O)OC(C)(C)C)C1CCC(Cl)(Cl)Cl. The highest BCUT2D eigenvalue weighted by molar-refractivity contribution is 6.67. The van der Waals surface area contributed by atoms with Gasteiger partial charge >= 0.3 is 6.09 Å². The summed E-state index contributed by atoms with van der Waals surface area (Å²) in [6.07, 6.45) is 0.322. The highest BCUT2D eigenvalue weighted by Crippen LogP contribution is 2.36. The maximum atomic E-state index is 13.3. The molecule has 1 rings (SSSR count). The average Bonchev–Trinajstić information content (AvgIpc) is 2.88. The monoisotopic (exact) mass is 558 g/mol. The molecule has 1 heterocycles. The molecule has 0 aromatic carbocycles. The van der Waals surface area contributed by atoms with Crippen LogP contribution < -0.4 is 5.32 Å². The number of amides is 3. The number of halogens is 6. The molecule has 13 heteroatoms. The number of nitrogens with zero attached hydrogens (tertiary/aromatic N) is 1. The second-order valence-corrected chi connectivity index (χ2v) is 12.9. The van der Waals surface area contributed by atoms with Crippen molar-refractivity contribution in [2.45, 2.75) is 71.7 Å². The van der Waals surface area contributed by atoms with Crippen molar-refractivity contribution in [1.82, 2.24) is 10.2 Å². The molecule has 178 valence electrons. The first kappa shape index (κ1) is 28.7. The minimum atomic E-state index is -1.67. The Hall–Kier alpha value is -0.310. The van der Waals surface area contributed by atoms with E-state index < -0.39 is 43.2 Å². The Morgan fingerprint density at radius 3 is 2.10 bits per heavy atom. The molecule has 0 fully saturated rings. The largest absolute Gasteiger partial charge is 0.499 e. The van der Waals surface area contributed by atoms with Crippen LogP contribution in [-0.4, -0.2) is 55.2 Å². The summed E-state index contributed by atoms with van der Waals surface area (Å²) in [5, 5.41) is 2.45. The molecule has 0 saturated carbocycles. The first-order chi connectivity index (χ1) is 13.9. The molecule has 2 unspecified atom stereocenters. The molecular weight excluding hydrogens is 537 g/mol. The van der Waals surface area contributed by atoms with Crippen LogP contribution in [0.3, 0.4) is 0 Å². The smallest absolute Gasteiger partial charge is 0.408 e. The van der Waals surface area contributed by atoms with Gasteiger partial charge in [0.1, 0.15) is 17.4 Å². The van der Waals surface area contributed by atoms with Crippen LogP contribution in [0.1, 0.15) is 46.5 Å².